The molecule has 1 aromatic heterocycles. The second kappa shape index (κ2) is 14.1. The van der Waals surface area contributed by atoms with Gasteiger partial charge < -0.3 is 18.9 Å². The molecule has 0 saturated heterocycles. The van der Waals surface area contributed by atoms with Crippen LogP contribution >= 0.6 is 11.3 Å². The fourth-order valence-corrected chi connectivity index (χ4v) is 5.99. The van der Waals surface area contributed by atoms with Gasteiger partial charge in [0.2, 0.25) is 0 Å². The lowest BCUT2D eigenvalue weighted by Crippen LogP contribution is -2.39. The number of aromatic nitrogens is 1. The van der Waals surface area contributed by atoms with E-state index in [1.807, 2.05) is 80.6 Å². The monoisotopic (exact) mass is 610 g/mol. The van der Waals surface area contributed by atoms with E-state index in [0.717, 1.165) is 22.4 Å². The summed E-state index contributed by atoms with van der Waals surface area (Å²) in [6, 6.07) is 20.5. The molecule has 0 amide bonds. The Bertz CT molecular complexity index is 1870. The number of ether oxygens (including phenoxy) is 4. The number of methoxy groups -OCH3 is 1. The number of nitrogens with zero attached hydrogens (tertiary/aromatic N) is 2. The summed E-state index contributed by atoms with van der Waals surface area (Å²) >= 11 is 1.26. The van der Waals surface area contributed by atoms with Crippen molar-refractivity contribution in [3.63, 3.8) is 0 Å². The first-order valence-electron chi connectivity index (χ1n) is 14.4. The molecule has 0 saturated carbocycles. The lowest BCUT2D eigenvalue weighted by molar-refractivity contribution is -0.136. The molecule has 1 aliphatic heterocycles. The van der Waals surface area contributed by atoms with Crippen LogP contribution in [-0.4, -0.2) is 30.9 Å². The van der Waals surface area contributed by atoms with Crippen molar-refractivity contribution in [1.82, 2.24) is 4.57 Å². The normalized spacial score (nSPS) is 14.2. The second-order valence-electron chi connectivity index (χ2n) is 9.88. The zero-order chi connectivity index (χ0) is 31.1. The Morgan fingerprint density at radius 1 is 0.977 bits per heavy atom. The summed E-state index contributed by atoms with van der Waals surface area (Å²) in [6.45, 7) is 9.02. The minimum absolute atomic E-state index is 0.242. The molecule has 9 heteroatoms. The summed E-state index contributed by atoms with van der Waals surface area (Å²) in [6.07, 6.45) is 5.74. The Balaban J connectivity index is 1.56. The lowest BCUT2D eigenvalue weighted by atomic mass is 9.97. The maximum absolute atomic E-state index is 14.0. The minimum Gasteiger partial charge on any atom is -0.490 e. The fourth-order valence-electron chi connectivity index (χ4n) is 5.02. The molecule has 0 N–H and O–H groups in total. The predicted molar refractivity (Wildman–Crippen MR) is 171 cm³/mol. The molecule has 0 unspecified atom stereocenters. The summed E-state index contributed by atoms with van der Waals surface area (Å²) in [7, 11) is 1.31. The molecule has 0 spiro atoms. The van der Waals surface area contributed by atoms with Crippen molar-refractivity contribution < 1.29 is 23.7 Å². The van der Waals surface area contributed by atoms with Crippen LogP contribution in [0.5, 0.6) is 17.2 Å². The van der Waals surface area contributed by atoms with Crippen LogP contribution in [0.15, 0.2) is 101 Å². The molecule has 4 aromatic rings. The number of esters is 1. The standard InChI is InChI=1S/C35H34N2O6S/c1-5-11-25-18-24(14-16-28(25)43-22-23-12-9-8-10-13-23)19-31-33(38)37-32(27(34(39)40-4)21-36-35(37)44-31)26-15-17-29(41-6-2)30(20-26)42-7-3/h5,8-10,12-21,32H,1,6-7,11,22H2,2-4H3/b31-19-/t32-/m0/s1. The highest BCUT2D eigenvalue weighted by Gasteiger charge is 2.31. The molecule has 1 atom stereocenters. The van der Waals surface area contributed by atoms with Gasteiger partial charge in [-0.1, -0.05) is 59.9 Å². The van der Waals surface area contributed by atoms with Crippen molar-refractivity contribution in [2.75, 3.05) is 20.3 Å². The molecular formula is C35H34N2O6S. The van der Waals surface area contributed by atoms with Gasteiger partial charge in [0, 0.05) is 6.20 Å². The number of carbonyl (C=O) groups is 1. The Kier molecular flexibility index (Phi) is 9.76. The van der Waals surface area contributed by atoms with Gasteiger partial charge in [-0.3, -0.25) is 9.36 Å². The molecule has 3 aromatic carbocycles. The zero-order valence-electron chi connectivity index (χ0n) is 24.9. The van der Waals surface area contributed by atoms with E-state index in [2.05, 4.69) is 11.6 Å². The van der Waals surface area contributed by atoms with E-state index >= 15 is 0 Å². The fraction of sp³-hybridized carbons (Fsp3) is 0.229. The number of hydrogen-bond donors (Lipinski definition) is 0. The lowest BCUT2D eigenvalue weighted by Gasteiger charge is -2.23. The van der Waals surface area contributed by atoms with Gasteiger partial charge in [0.1, 0.15) is 12.4 Å². The van der Waals surface area contributed by atoms with Crippen LogP contribution in [0.1, 0.15) is 42.1 Å². The van der Waals surface area contributed by atoms with Gasteiger partial charge >= 0.3 is 5.97 Å². The van der Waals surface area contributed by atoms with Crippen molar-refractivity contribution in [1.29, 1.82) is 0 Å². The number of rotatable bonds is 12. The summed E-state index contributed by atoms with van der Waals surface area (Å²) in [5.41, 5.74) is 3.51. The van der Waals surface area contributed by atoms with Gasteiger partial charge in [-0.2, -0.15) is 0 Å². The van der Waals surface area contributed by atoms with E-state index in [9.17, 15) is 9.59 Å². The number of thiazole rings is 1. The van der Waals surface area contributed by atoms with Crippen molar-refractivity contribution in [2.24, 2.45) is 4.99 Å². The molecule has 5 rings (SSSR count). The highest BCUT2D eigenvalue weighted by molar-refractivity contribution is 7.07. The van der Waals surface area contributed by atoms with Gasteiger partial charge in [0.05, 0.1) is 36.5 Å². The number of benzene rings is 3. The molecule has 226 valence electrons. The number of hydrogen-bond acceptors (Lipinski definition) is 8. The van der Waals surface area contributed by atoms with Crippen molar-refractivity contribution in [3.8, 4) is 17.2 Å². The van der Waals surface area contributed by atoms with Gasteiger partial charge in [0.15, 0.2) is 16.3 Å². The average molecular weight is 611 g/mol. The summed E-state index contributed by atoms with van der Waals surface area (Å²) in [5.74, 6) is 1.30. The second-order valence-corrected chi connectivity index (χ2v) is 10.9. The quantitative estimate of drug-likeness (QED) is 0.163. The topological polar surface area (TPSA) is 88.4 Å². The van der Waals surface area contributed by atoms with Crippen molar-refractivity contribution >= 4 is 23.4 Å². The van der Waals surface area contributed by atoms with Crippen LogP contribution in [-0.2, 0) is 22.6 Å². The highest BCUT2D eigenvalue weighted by atomic mass is 32.1. The first kappa shape index (κ1) is 30.6. The Hall–Kier alpha value is -4.89. The Morgan fingerprint density at radius 2 is 1.73 bits per heavy atom. The zero-order valence-corrected chi connectivity index (χ0v) is 25.8. The van der Waals surface area contributed by atoms with Gasteiger partial charge in [-0.25, -0.2) is 9.79 Å². The van der Waals surface area contributed by atoms with Gasteiger partial charge in [0.25, 0.3) is 5.56 Å². The van der Waals surface area contributed by atoms with Crippen LogP contribution in [0.4, 0.5) is 0 Å². The summed E-state index contributed by atoms with van der Waals surface area (Å²) in [5, 5.41) is 0. The molecular weight excluding hydrogens is 576 g/mol. The number of fused-ring (bicyclic) bond motifs is 1. The summed E-state index contributed by atoms with van der Waals surface area (Å²) < 4.78 is 24.8. The molecule has 8 nitrogen and oxygen atoms in total. The van der Waals surface area contributed by atoms with Crippen LogP contribution in [0.3, 0.4) is 0 Å². The van der Waals surface area contributed by atoms with Crippen LogP contribution in [0.25, 0.3) is 6.08 Å². The number of carbonyl (C=O) groups excluding carboxylic acids is 1. The third-order valence-corrected chi connectivity index (χ3v) is 7.99. The smallest absolute Gasteiger partial charge is 0.337 e. The van der Waals surface area contributed by atoms with Gasteiger partial charge in [-0.05, 0) is 72.9 Å². The molecule has 44 heavy (non-hydrogen) atoms. The first-order valence-corrected chi connectivity index (χ1v) is 15.2. The molecule has 0 bridgehead atoms. The first-order chi connectivity index (χ1) is 21.5. The highest BCUT2D eigenvalue weighted by Crippen LogP contribution is 2.35. The molecule has 0 aliphatic carbocycles. The average Bonchev–Trinajstić information content (AvgIpc) is 3.36. The van der Waals surface area contributed by atoms with Crippen LogP contribution in [0.2, 0.25) is 0 Å². The maximum Gasteiger partial charge on any atom is 0.337 e. The van der Waals surface area contributed by atoms with E-state index < -0.39 is 12.0 Å². The third kappa shape index (κ3) is 6.53. The van der Waals surface area contributed by atoms with E-state index in [1.165, 1.54) is 29.2 Å². The predicted octanol–water partition coefficient (Wildman–Crippen LogP) is 5.12. The number of allylic oxidation sites excluding steroid dienone is 1. The Morgan fingerprint density at radius 3 is 2.45 bits per heavy atom. The minimum atomic E-state index is -0.763. The van der Waals surface area contributed by atoms with Crippen molar-refractivity contribution in [2.45, 2.75) is 32.9 Å². The van der Waals surface area contributed by atoms with Crippen LogP contribution < -0.4 is 29.1 Å². The van der Waals surface area contributed by atoms with E-state index in [0.29, 0.717) is 52.6 Å². The van der Waals surface area contributed by atoms with Gasteiger partial charge in [-0.15, -0.1) is 6.58 Å². The molecule has 0 radical (unpaired) electrons. The SMILES string of the molecule is C=CCc1cc(/C=c2\sc3n(c2=O)[C@@H](c2ccc(OCC)c(OCC)c2)C(C(=O)OC)=CN=3)ccc1OCc1ccccc1. The van der Waals surface area contributed by atoms with E-state index in [4.69, 9.17) is 18.9 Å². The molecule has 0 fully saturated rings. The molecule has 1 aliphatic rings. The van der Waals surface area contributed by atoms with Crippen LogP contribution in [0, 0.1) is 0 Å². The Labute approximate surface area is 259 Å². The third-order valence-electron chi connectivity index (χ3n) is 6.99. The van der Waals surface area contributed by atoms with Crippen molar-refractivity contribution in [3.05, 3.63) is 133 Å². The maximum atomic E-state index is 14.0. The summed E-state index contributed by atoms with van der Waals surface area (Å²) in [4.78, 5) is 31.8. The van der Waals surface area contributed by atoms with E-state index in [1.54, 1.807) is 12.1 Å². The molecule has 2 heterocycles. The van der Waals surface area contributed by atoms with E-state index in [-0.39, 0.29) is 11.1 Å². The largest absolute Gasteiger partial charge is 0.490 e.